The van der Waals surface area contributed by atoms with Gasteiger partial charge in [0.1, 0.15) is 18.2 Å². The molecule has 0 aliphatic carbocycles. The van der Waals surface area contributed by atoms with Crippen LogP contribution in [0.2, 0.25) is 0 Å². The van der Waals surface area contributed by atoms with Crippen LogP contribution in [0.1, 0.15) is 91.5 Å². The van der Waals surface area contributed by atoms with E-state index >= 15 is 0 Å². The molecule has 38 heavy (non-hydrogen) atoms. The Morgan fingerprint density at radius 3 is 2.42 bits per heavy atom. The summed E-state index contributed by atoms with van der Waals surface area (Å²) in [6, 6.07) is 11.4. The summed E-state index contributed by atoms with van der Waals surface area (Å²) in [5.74, 6) is 1.19. The lowest BCUT2D eigenvalue weighted by molar-refractivity contribution is -0.122. The molecule has 2 fully saturated rings. The van der Waals surface area contributed by atoms with Crippen LogP contribution in [-0.2, 0) is 11.3 Å². The van der Waals surface area contributed by atoms with Gasteiger partial charge in [0.25, 0.3) is 0 Å². The number of hydrogen-bond acceptors (Lipinski definition) is 6. The second-order valence-corrected chi connectivity index (χ2v) is 10.9. The van der Waals surface area contributed by atoms with Crippen molar-refractivity contribution >= 4 is 11.9 Å². The van der Waals surface area contributed by atoms with Gasteiger partial charge in [-0.15, -0.1) is 10.2 Å². The molecule has 1 aromatic carbocycles. The number of carboxylic acids is 1. The van der Waals surface area contributed by atoms with E-state index in [2.05, 4.69) is 50.9 Å². The van der Waals surface area contributed by atoms with Crippen LogP contribution in [0.4, 0.5) is 0 Å². The highest BCUT2D eigenvalue weighted by Gasteiger charge is 2.42. The average Bonchev–Trinajstić information content (AvgIpc) is 3.58. The molecular weight excluding hydrogens is 482 g/mol. The van der Waals surface area contributed by atoms with Crippen LogP contribution in [-0.4, -0.2) is 65.1 Å². The van der Waals surface area contributed by atoms with Gasteiger partial charge in [-0.1, -0.05) is 44.2 Å². The van der Waals surface area contributed by atoms with Gasteiger partial charge in [-0.25, -0.2) is 4.79 Å². The van der Waals surface area contributed by atoms with Crippen molar-refractivity contribution in [1.29, 1.82) is 0 Å². The normalized spacial score (nSPS) is 22.1. The van der Waals surface area contributed by atoms with Crippen LogP contribution in [0.15, 0.2) is 42.7 Å². The molecule has 3 atom stereocenters. The van der Waals surface area contributed by atoms with Gasteiger partial charge in [-0.2, -0.15) is 5.10 Å². The van der Waals surface area contributed by atoms with E-state index in [1.807, 2.05) is 30.3 Å². The number of fused-ring (bicyclic) bond motifs is 2. The van der Waals surface area contributed by atoms with Gasteiger partial charge in [0.15, 0.2) is 0 Å². The molecule has 3 aromatic rings. The van der Waals surface area contributed by atoms with Crippen molar-refractivity contribution < 1.29 is 14.7 Å². The lowest BCUT2D eigenvalue weighted by Crippen LogP contribution is -2.45. The molecule has 2 aromatic heterocycles. The van der Waals surface area contributed by atoms with Crippen LogP contribution in [0.25, 0.3) is 0 Å². The number of hydrogen-bond donors (Lipinski definition) is 2. The van der Waals surface area contributed by atoms with E-state index in [-0.39, 0.29) is 24.1 Å². The fraction of sp³-hybridized carbons (Fsp3) is 0.536. The molecule has 202 valence electrons. The van der Waals surface area contributed by atoms with Crippen LogP contribution < -0.4 is 5.32 Å². The molecule has 2 unspecified atom stereocenters. The predicted molar refractivity (Wildman–Crippen MR) is 142 cm³/mol. The van der Waals surface area contributed by atoms with Crippen molar-refractivity contribution in [2.75, 3.05) is 6.54 Å². The molecule has 0 spiro atoms. The molecule has 2 bridgehead atoms. The van der Waals surface area contributed by atoms with Crippen LogP contribution in [0.5, 0.6) is 0 Å². The average molecular weight is 520 g/mol. The third kappa shape index (κ3) is 5.50. The van der Waals surface area contributed by atoms with Gasteiger partial charge in [-0.3, -0.25) is 14.4 Å². The van der Waals surface area contributed by atoms with Crippen LogP contribution >= 0.6 is 0 Å². The first-order valence-corrected chi connectivity index (χ1v) is 13.6. The van der Waals surface area contributed by atoms with E-state index in [0.717, 1.165) is 43.0 Å². The SMILES string of the molecule is Cc1nnc(C(C)C)n1C1CC2CCC(C1)N2CC[C@H](NC(=O)Cn1cc(C(=O)O)cn1)c1ccccc1. The zero-order valence-electron chi connectivity index (χ0n) is 22.3. The maximum atomic E-state index is 12.9. The molecule has 2 aliphatic rings. The second kappa shape index (κ2) is 11.1. The van der Waals surface area contributed by atoms with Crippen molar-refractivity contribution in [3.05, 3.63) is 65.5 Å². The topological polar surface area (TPSA) is 118 Å². The van der Waals surface area contributed by atoms with E-state index in [1.54, 1.807) is 0 Å². The van der Waals surface area contributed by atoms with Gasteiger partial charge in [0.05, 0.1) is 17.8 Å². The number of aromatic carboxylic acids is 1. The quantitative estimate of drug-likeness (QED) is 0.419. The zero-order valence-corrected chi connectivity index (χ0v) is 22.3. The lowest BCUT2D eigenvalue weighted by Gasteiger charge is -2.40. The predicted octanol–water partition coefficient (Wildman–Crippen LogP) is 3.72. The number of benzene rings is 1. The Balaban J connectivity index is 1.24. The van der Waals surface area contributed by atoms with Crippen molar-refractivity contribution in [2.45, 2.75) is 89.5 Å². The number of aromatic nitrogens is 5. The number of carboxylic acid groups (broad SMARTS) is 1. The smallest absolute Gasteiger partial charge is 0.338 e. The third-order valence-electron chi connectivity index (χ3n) is 8.03. The van der Waals surface area contributed by atoms with Crippen molar-refractivity contribution in [2.24, 2.45) is 0 Å². The van der Waals surface area contributed by atoms with E-state index in [0.29, 0.717) is 24.0 Å². The molecule has 2 saturated heterocycles. The third-order valence-corrected chi connectivity index (χ3v) is 8.03. The number of nitrogens with one attached hydrogen (secondary N) is 1. The van der Waals surface area contributed by atoms with Gasteiger partial charge in [0, 0.05) is 36.8 Å². The largest absolute Gasteiger partial charge is 0.478 e. The standard InChI is InChI=1S/C28H37N7O3/c1-18(2)27-32-31-19(3)35(27)24-13-22-9-10-23(14-24)34(22)12-11-25(20-7-5-4-6-8-20)30-26(36)17-33-16-21(15-29-33)28(37)38/h4-8,15-16,18,22-25H,9-14,17H2,1-3H3,(H,30,36)(H,37,38)/t22?,23?,24?,25-/m0/s1. The van der Waals surface area contributed by atoms with Gasteiger partial charge in [0.2, 0.25) is 5.91 Å². The number of amides is 1. The summed E-state index contributed by atoms with van der Waals surface area (Å²) < 4.78 is 3.75. The van der Waals surface area contributed by atoms with E-state index in [9.17, 15) is 9.59 Å². The molecule has 4 heterocycles. The highest BCUT2D eigenvalue weighted by molar-refractivity contribution is 5.87. The van der Waals surface area contributed by atoms with Gasteiger partial charge < -0.3 is 15.0 Å². The Morgan fingerprint density at radius 1 is 1.08 bits per heavy atom. The number of carbonyl (C=O) groups excluding carboxylic acids is 1. The minimum atomic E-state index is -1.06. The van der Waals surface area contributed by atoms with E-state index in [1.165, 1.54) is 29.9 Å². The molecule has 5 rings (SSSR count). The maximum absolute atomic E-state index is 12.9. The van der Waals surface area contributed by atoms with Crippen molar-refractivity contribution in [3.8, 4) is 0 Å². The second-order valence-electron chi connectivity index (χ2n) is 10.9. The number of piperidine rings is 1. The lowest BCUT2D eigenvalue weighted by atomic mass is 9.95. The first-order valence-electron chi connectivity index (χ1n) is 13.6. The van der Waals surface area contributed by atoms with Gasteiger partial charge >= 0.3 is 5.97 Å². The summed E-state index contributed by atoms with van der Waals surface area (Å²) in [6.07, 6.45) is 8.04. The number of rotatable bonds is 10. The Hall–Kier alpha value is -3.53. The van der Waals surface area contributed by atoms with E-state index in [4.69, 9.17) is 5.11 Å². The Bertz CT molecular complexity index is 1250. The zero-order chi connectivity index (χ0) is 26.8. The molecule has 2 N–H and O–H groups in total. The van der Waals surface area contributed by atoms with E-state index < -0.39 is 5.97 Å². The molecule has 2 aliphatic heterocycles. The summed E-state index contributed by atoms with van der Waals surface area (Å²) in [5.41, 5.74) is 1.13. The van der Waals surface area contributed by atoms with Crippen LogP contribution in [0.3, 0.4) is 0 Å². The van der Waals surface area contributed by atoms with Gasteiger partial charge in [-0.05, 0) is 44.6 Å². The highest BCUT2D eigenvalue weighted by Crippen LogP contribution is 2.42. The fourth-order valence-electron chi connectivity index (χ4n) is 6.29. The Morgan fingerprint density at radius 2 is 1.79 bits per heavy atom. The Labute approximate surface area is 223 Å². The summed E-state index contributed by atoms with van der Waals surface area (Å²) in [7, 11) is 0. The number of carbonyl (C=O) groups is 2. The molecular formula is C28H37N7O3. The number of nitrogens with zero attached hydrogens (tertiary/aromatic N) is 6. The monoisotopic (exact) mass is 519 g/mol. The molecule has 0 saturated carbocycles. The van der Waals surface area contributed by atoms with Crippen molar-refractivity contribution in [3.63, 3.8) is 0 Å². The molecule has 0 radical (unpaired) electrons. The van der Waals surface area contributed by atoms with Crippen molar-refractivity contribution in [1.82, 2.24) is 34.8 Å². The summed E-state index contributed by atoms with van der Waals surface area (Å²) in [5, 5.41) is 25.2. The maximum Gasteiger partial charge on any atom is 0.338 e. The first-order chi connectivity index (χ1) is 18.3. The summed E-state index contributed by atoms with van der Waals surface area (Å²) >= 11 is 0. The molecule has 10 heteroatoms. The van der Waals surface area contributed by atoms with Crippen LogP contribution in [0, 0.1) is 6.92 Å². The Kier molecular flexibility index (Phi) is 7.60. The minimum absolute atomic E-state index is 0.0241. The number of aryl methyl sites for hydroxylation is 1. The molecule has 10 nitrogen and oxygen atoms in total. The summed E-state index contributed by atoms with van der Waals surface area (Å²) in [6.45, 7) is 7.30. The minimum Gasteiger partial charge on any atom is -0.478 e. The summed E-state index contributed by atoms with van der Waals surface area (Å²) in [4.78, 5) is 26.7. The highest BCUT2D eigenvalue weighted by atomic mass is 16.4. The fourth-order valence-corrected chi connectivity index (χ4v) is 6.29. The first kappa shape index (κ1) is 26.1. The molecule has 1 amide bonds.